The Hall–Kier alpha value is -2.21. The summed E-state index contributed by atoms with van der Waals surface area (Å²) in [5.74, 6) is 0.878. The number of guanidine groups is 1. The van der Waals surface area contributed by atoms with Crippen molar-refractivity contribution in [3.63, 3.8) is 0 Å². The zero-order valence-corrected chi connectivity index (χ0v) is 14.4. The highest BCUT2D eigenvalue weighted by molar-refractivity contribution is 6.31. The molecule has 1 fully saturated rings. The number of piperidine rings is 1. The summed E-state index contributed by atoms with van der Waals surface area (Å²) in [5, 5.41) is 11.4. The fourth-order valence-electron chi connectivity index (χ4n) is 2.92. The van der Waals surface area contributed by atoms with Crippen molar-refractivity contribution in [2.24, 2.45) is 4.99 Å². The first-order chi connectivity index (χ1) is 11.7. The van der Waals surface area contributed by atoms with Crippen molar-refractivity contribution in [1.82, 2.24) is 20.9 Å². The van der Waals surface area contributed by atoms with E-state index >= 15 is 0 Å². The zero-order chi connectivity index (χ0) is 16.9. The minimum Gasteiger partial charge on any atom is -0.361 e. The second-order valence-electron chi connectivity index (χ2n) is 5.94. The first kappa shape index (κ1) is 16.6. The van der Waals surface area contributed by atoms with Gasteiger partial charge < -0.3 is 20.9 Å². The van der Waals surface area contributed by atoms with E-state index in [2.05, 4.69) is 25.9 Å². The standard InChI is InChI=1S/C17H22ClN5O/c1-19-17(23-13-3-5-16(24)22-10-13)20-7-6-11-9-21-15-4-2-12(18)8-14(11)15/h2,4,8-9,13,21H,3,5-7,10H2,1H3,(H,22,24)(H2,19,20,23). The fraction of sp³-hybridized carbons (Fsp3) is 0.412. The topological polar surface area (TPSA) is 81.3 Å². The number of amides is 1. The van der Waals surface area contributed by atoms with Crippen molar-refractivity contribution in [3.05, 3.63) is 35.0 Å². The summed E-state index contributed by atoms with van der Waals surface area (Å²) in [5.41, 5.74) is 2.32. The van der Waals surface area contributed by atoms with Gasteiger partial charge in [0.25, 0.3) is 0 Å². The number of nitrogens with zero attached hydrogens (tertiary/aromatic N) is 1. The van der Waals surface area contributed by atoms with E-state index in [-0.39, 0.29) is 11.9 Å². The van der Waals surface area contributed by atoms with Crippen molar-refractivity contribution >= 4 is 34.4 Å². The van der Waals surface area contributed by atoms with Gasteiger partial charge in [0.1, 0.15) is 0 Å². The number of aromatic amines is 1. The molecule has 1 atom stereocenters. The average Bonchev–Trinajstić information content (AvgIpc) is 2.98. The molecular formula is C17H22ClN5O. The smallest absolute Gasteiger partial charge is 0.220 e. The van der Waals surface area contributed by atoms with Gasteiger partial charge in [-0.25, -0.2) is 0 Å². The van der Waals surface area contributed by atoms with Crippen molar-refractivity contribution in [2.45, 2.75) is 25.3 Å². The molecule has 1 aliphatic rings. The quantitative estimate of drug-likeness (QED) is 0.503. The molecule has 1 saturated heterocycles. The van der Waals surface area contributed by atoms with Gasteiger partial charge in [-0.1, -0.05) is 11.6 Å². The van der Waals surface area contributed by atoms with Gasteiger partial charge in [-0.15, -0.1) is 0 Å². The molecule has 2 aromatic rings. The lowest BCUT2D eigenvalue weighted by Crippen LogP contribution is -2.51. The van der Waals surface area contributed by atoms with Crippen LogP contribution >= 0.6 is 11.6 Å². The van der Waals surface area contributed by atoms with E-state index in [1.54, 1.807) is 7.05 Å². The van der Waals surface area contributed by atoms with Crippen LogP contribution in [0.4, 0.5) is 0 Å². The predicted molar refractivity (Wildman–Crippen MR) is 97.5 cm³/mol. The van der Waals surface area contributed by atoms with E-state index in [4.69, 9.17) is 11.6 Å². The maximum absolute atomic E-state index is 11.2. The number of halogens is 1. The lowest BCUT2D eigenvalue weighted by molar-refractivity contribution is -0.122. The van der Waals surface area contributed by atoms with Gasteiger partial charge in [-0.05, 0) is 36.6 Å². The summed E-state index contributed by atoms with van der Waals surface area (Å²) in [7, 11) is 1.75. The molecule has 1 aliphatic heterocycles. The summed E-state index contributed by atoms with van der Waals surface area (Å²) in [4.78, 5) is 18.7. The number of hydrogen-bond donors (Lipinski definition) is 4. The lowest BCUT2D eigenvalue weighted by Gasteiger charge is -2.25. The Morgan fingerprint density at radius 2 is 2.33 bits per heavy atom. The van der Waals surface area contributed by atoms with Gasteiger partial charge in [0, 0.05) is 54.7 Å². The maximum atomic E-state index is 11.2. The van der Waals surface area contributed by atoms with E-state index < -0.39 is 0 Å². The highest BCUT2D eigenvalue weighted by atomic mass is 35.5. The number of aromatic nitrogens is 1. The molecular weight excluding hydrogens is 326 g/mol. The number of aliphatic imine (C=N–C) groups is 1. The Morgan fingerprint density at radius 1 is 1.46 bits per heavy atom. The number of hydrogen-bond acceptors (Lipinski definition) is 2. The van der Waals surface area contributed by atoms with Crippen LogP contribution in [0.25, 0.3) is 10.9 Å². The summed E-state index contributed by atoms with van der Waals surface area (Å²) in [6, 6.07) is 6.09. The molecule has 1 amide bonds. The summed E-state index contributed by atoms with van der Waals surface area (Å²) < 4.78 is 0. The molecule has 0 radical (unpaired) electrons. The van der Waals surface area contributed by atoms with Crippen LogP contribution in [0, 0.1) is 0 Å². The van der Waals surface area contributed by atoms with Gasteiger partial charge in [-0.3, -0.25) is 9.79 Å². The molecule has 1 aromatic carbocycles. The highest BCUT2D eigenvalue weighted by Crippen LogP contribution is 2.22. The predicted octanol–water partition coefficient (Wildman–Crippen LogP) is 1.81. The molecule has 0 saturated carbocycles. The number of carbonyl (C=O) groups is 1. The maximum Gasteiger partial charge on any atom is 0.220 e. The molecule has 4 N–H and O–H groups in total. The van der Waals surface area contributed by atoms with Crippen LogP contribution in [0.2, 0.25) is 5.02 Å². The molecule has 0 bridgehead atoms. The normalized spacial score (nSPS) is 18.5. The van der Waals surface area contributed by atoms with Gasteiger partial charge in [0.2, 0.25) is 5.91 Å². The third kappa shape index (κ3) is 4.00. The minimum atomic E-state index is 0.119. The number of H-pyrrole nitrogens is 1. The lowest BCUT2D eigenvalue weighted by atomic mass is 10.1. The van der Waals surface area contributed by atoms with Crippen LogP contribution in [0.15, 0.2) is 29.4 Å². The molecule has 0 aliphatic carbocycles. The van der Waals surface area contributed by atoms with Crippen molar-refractivity contribution in [3.8, 4) is 0 Å². The molecule has 128 valence electrons. The molecule has 1 aromatic heterocycles. The summed E-state index contributed by atoms with van der Waals surface area (Å²) in [6.45, 7) is 1.40. The van der Waals surface area contributed by atoms with E-state index in [0.717, 1.165) is 41.3 Å². The van der Waals surface area contributed by atoms with Crippen molar-refractivity contribution < 1.29 is 4.79 Å². The minimum absolute atomic E-state index is 0.119. The number of fused-ring (bicyclic) bond motifs is 1. The summed E-state index contributed by atoms with van der Waals surface area (Å²) in [6.07, 6.45) is 4.27. The number of benzene rings is 1. The number of nitrogens with one attached hydrogen (secondary N) is 4. The molecule has 2 heterocycles. The highest BCUT2D eigenvalue weighted by Gasteiger charge is 2.18. The van der Waals surface area contributed by atoms with Gasteiger partial charge in [0.05, 0.1) is 0 Å². The Bertz CT molecular complexity index is 745. The van der Waals surface area contributed by atoms with E-state index in [9.17, 15) is 4.79 Å². The van der Waals surface area contributed by atoms with Crippen LogP contribution in [0.5, 0.6) is 0 Å². The van der Waals surface area contributed by atoms with Gasteiger partial charge in [-0.2, -0.15) is 0 Å². The largest absolute Gasteiger partial charge is 0.361 e. The van der Waals surface area contributed by atoms with Gasteiger partial charge in [0.15, 0.2) is 5.96 Å². The van der Waals surface area contributed by atoms with E-state index in [1.165, 1.54) is 5.56 Å². The van der Waals surface area contributed by atoms with Crippen LogP contribution in [0.3, 0.4) is 0 Å². The monoisotopic (exact) mass is 347 g/mol. The molecule has 24 heavy (non-hydrogen) atoms. The van der Waals surface area contributed by atoms with Crippen molar-refractivity contribution in [1.29, 1.82) is 0 Å². The Kier molecular flexibility index (Phi) is 5.25. The number of rotatable bonds is 4. The van der Waals surface area contributed by atoms with Crippen molar-refractivity contribution in [2.75, 3.05) is 20.1 Å². The molecule has 7 heteroatoms. The molecule has 6 nitrogen and oxygen atoms in total. The third-order valence-electron chi connectivity index (χ3n) is 4.25. The Morgan fingerprint density at radius 3 is 3.08 bits per heavy atom. The summed E-state index contributed by atoms with van der Waals surface area (Å²) >= 11 is 6.08. The second kappa shape index (κ2) is 7.57. The van der Waals surface area contributed by atoms with Crippen LogP contribution in [-0.2, 0) is 11.2 Å². The van der Waals surface area contributed by atoms with Crippen LogP contribution in [-0.4, -0.2) is 43.0 Å². The second-order valence-corrected chi connectivity index (χ2v) is 6.37. The fourth-order valence-corrected chi connectivity index (χ4v) is 3.09. The van der Waals surface area contributed by atoms with E-state index in [0.29, 0.717) is 13.0 Å². The zero-order valence-electron chi connectivity index (χ0n) is 13.7. The molecule has 3 rings (SSSR count). The first-order valence-corrected chi connectivity index (χ1v) is 8.53. The number of carbonyl (C=O) groups excluding carboxylic acids is 1. The van der Waals surface area contributed by atoms with Crippen LogP contribution in [0.1, 0.15) is 18.4 Å². The average molecular weight is 348 g/mol. The molecule has 0 spiro atoms. The van der Waals surface area contributed by atoms with E-state index in [1.807, 2.05) is 24.4 Å². The Balaban J connectivity index is 1.52. The first-order valence-electron chi connectivity index (χ1n) is 8.15. The SMILES string of the molecule is CN=C(NCCc1c[nH]c2ccc(Cl)cc12)NC1CCC(=O)NC1. The van der Waals surface area contributed by atoms with Gasteiger partial charge >= 0.3 is 0 Å². The Labute approximate surface area is 146 Å². The third-order valence-corrected chi connectivity index (χ3v) is 4.48. The molecule has 1 unspecified atom stereocenters. The van der Waals surface area contributed by atoms with Crippen LogP contribution < -0.4 is 16.0 Å².